The van der Waals surface area contributed by atoms with Crippen LogP contribution in [0.1, 0.15) is 27.2 Å². The first kappa shape index (κ1) is 12.9. The van der Waals surface area contributed by atoms with Crippen LogP contribution in [0.25, 0.3) is 0 Å². The van der Waals surface area contributed by atoms with Crippen LogP contribution in [0.3, 0.4) is 0 Å². The van der Waals surface area contributed by atoms with Gasteiger partial charge in [0.25, 0.3) is 0 Å². The molecule has 0 rings (SSSR count). The van der Waals surface area contributed by atoms with E-state index in [0.29, 0.717) is 6.04 Å². The van der Waals surface area contributed by atoms with Gasteiger partial charge in [0.05, 0.1) is 12.2 Å². The van der Waals surface area contributed by atoms with E-state index < -0.39 is 0 Å². The SMILES string of the molecule is COCCN[C@@H](C)CC(C)(C)OC. The third-order valence-corrected chi connectivity index (χ3v) is 2.15. The molecule has 0 saturated carbocycles. The second kappa shape index (κ2) is 6.35. The number of ether oxygens (including phenoxy) is 2. The molecule has 0 aromatic rings. The smallest absolute Gasteiger partial charge is 0.0637 e. The van der Waals surface area contributed by atoms with Gasteiger partial charge in [-0.05, 0) is 27.2 Å². The van der Waals surface area contributed by atoms with Crippen LogP contribution < -0.4 is 5.32 Å². The van der Waals surface area contributed by atoms with Crippen molar-refractivity contribution >= 4 is 0 Å². The van der Waals surface area contributed by atoms with Crippen molar-refractivity contribution in [2.45, 2.75) is 38.8 Å². The van der Waals surface area contributed by atoms with Crippen LogP contribution in [0.2, 0.25) is 0 Å². The number of nitrogens with one attached hydrogen (secondary N) is 1. The van der Waals surface area contributed by atoms with E-state index in [9.17, 15) is 0 Å². The monoisotopic (exact) mass is 189 g/mol. The van der Waals surface area contributed by atoms with E-state index in [-0.39, 0.29) is 5.60 Å². The molecule has 0 aliphatic carbocycles. The highest BCUT2D eigenvalue weighted by Crippen LogP contribution is 2.14. The van der Waals surface area contributed by atoms with E-state index >= 15 is 0 Å². The maximum absolute atomic E-state index is 5.34. The van der Waals surface area contributed by atoms with Crippen molar-refractivity contribution in [1.29, 1.82) is 0 Å². The van der Waals surface area contributed by atoms with Gasteiger partial charge < -0.3 is 14.8 Å². The van der Waals surface area contributed by atoms with E-state index in [4.69, 9.17) is 9.47 Å². The third-order valence-electron chi connectivity index (χ3n) is 2.15. The summed E-state index contributed by atoms with van der Waals surface area (Å²) in [4.78, 5) is 0. The summed E-state index contributed by atoms with van der Waals surface area (Å²) < 4.78 is 10.3. The molecule has 1 N–H and O–H groups in total. The van der Waals surface area contributed by atoms with Gasteiger partial charge in [0, 0.05) is 26.8 Å². The highest BCUT2D eigenvalue weighted by atomic mass is 16.5. The number of hydrogen-bond acceptors (Lipinski definition) is 3. The van der Waals surface area contributed by atoms with Crippen molar-refractivity contribution in [3.63, 3.8) is 0 Å². The molecule has 0 bridgehead atoms. The lowest BCUT2D eigenvalue weighted by Crippen LogP contribution is -2.37. The van der Waals surface area contributed by atoms with Gasteiger partial charge >= 0.3 is 0 Å². The summed E-state index contributed by atoms with van der Waals surface area (Å²) in [7, 11) is 3.47. The predicted molar refractivity (Wildman–Crippen MR) is 55.0 cm³/mol. The largest absolute Gasteiger partial charge is 0.383 e. The first-order chi connectivity index (χ1) is 6.02. The van der Waals surface area contributed by atoms with Gasteiger partial charge in [-0.3, -0.25) is 0 Å². The van der Waals surface area contributed by atoms with Crippen LogP contribution in [-0.4, -0.2) is 39.0 Å². The van der Waals surface area contributed by atoms with Gasteiger partial charge in [-0.1, -0.05) is 0 Å². The Morgan fingerprint density at radius 1 is 1.31 bits per heavy atom. The number of methoxy groups -OCH3 is 2. The van der Waals surface area contributed by atoms with Crippen LogP contribution in [0, 0.1) is 0 Å². The van der Waals surface area contributed by atoms with Crippen LogP contribution in [0.4, 0.5) is 0 Å². The summed E-state index contributed by atoms with van der Waals surface area (Å²) in [5, 5.41) is 3.37. The fourth-order valence-electron chi connectivity index (χ4n) is 1.30. The summed E-state index contributed by atoms with van der Waals surface area (Å²) in [6.07, 6.45) is 1.01. The average molecular weight is 189 g/mol. The zero-order valence-corrected chi connectivity index (χ0v) is 9.52. The Morgan fingerprint density at radius 2 is 1.92 bits per heavy atom. The molecule has 0 amide bonds. The average Bonchev–Trinajstić information content (AvgIpc) is 2.04. The van der Waals surface area contributed by atoms with E-state index in [2.05, 4.69) is 26.1 Å². The van der Waals surface area contributed by atoms with Crippen molar-refractivity contribution in [2.24, 2.45) is 0 Å². The number of rotatable bonds is 7. The van der Waals surface area contributed by atoms with Crippen LogP contribution in [0.15, 0.2) is 0 Å². The highest BCUT2D eigenvalue weighted by molar-refractivity contribution is 4.74. The standard InChI is InChI=1S/C10H23NO2/c1-9(11-6-7-12-4)8-10(2,3)13-5/h9,11H,6-8H2,1-5H3/t9-/m0/s1. The van der Waals surface area contributed by atoms with Gasteiger partial charge in [0.15, 0.2) is 0 Å². The van der Waals surface area contributed by atoms with Gasteiger partial charge in [-0.15, -0.1) is 0 Å². The maximum atomic E-state index is 5.34. The molecule has 13 heavy (non-hydrogen) atoms. The number of hydrogen-bond donors (Lipinski definition) is 1. The van der Waals surface area contributed by atoms with Crippen LogP contribution in [-0.2, 0) is 9.47 Å². The molecule has 0 saturated heterocycles. The molecule has 3 nitrogen and oxygen atoms in total. The second-order valence-corrected chi connectivity index (χ2v) is 4.02. The zero-order valence-electron chi connectivity index (χ0n) is 9.52. The van der Waals surface area contributed by atoms with Gasteiger partial charge in [0.1, 0.15) is 0 Å². The van der Waals surface area contributed by atoms with Crippen molar-refractivity contribution in [3.8, 4) is 0 Å². The topological polar surface area (TPSA) is 30.5 Å². The normalized spacial score (nSPS) is 14.5. The van der Waals surface area contributed by atoms with E-state index in [0.717, 1.165) is 19.6 Å². The Kier molecular flexibility index (Phi) is 6.29. The Bertz CT molecular complexity index is 126. The summed E-state index contributed by atoms with van der Waals surface area (Å²) >= 11 is 0. The molecule has 0 aliphatic rings. The molecule has 0 unspecified atom stereocenters. The van der Waals surface area contributed by atoms with E-state index in [1.54, 1.807) is 14.2 Å². The van der Waals surface area contributed by atoms with Gasteiger partial charge in [0.2, 0.25) is 0 Å². The minimum Gasteiger partial charge on any atom is -0.383 e. The third kappa shape index (κ3) is 6.99. The molecule has 3 heteroatoms. The highest BCUT2D eigenvalue weighted by Gasteiger charge is 2.19. The van der Waals surface area contributed by atoms with Crippen molar-refractivity contribution in [3.05, 3.63) is 0 Å². The lowest BCUT2D eigenvalue weighted by Gasteiger charge is -2.27. The fourth-order valence-corrected chi connectivity index (χ4v) is 1.30. The molecule has 0 radical (unpaired) electrons. The van der Waals surface area contributed by atoms with Crippen molar-refractivity contribution < 1.29 is 9.47 Å². The summed E-state index contributed by atoms with van der Waals surface area (Å²) in [6, 6.07) is 0.463. The second-order valence-electron chi connectivity index (χ2n) is 4.02. The van der Waals surface area contributed by atoms with E-state index in [1.807, 2.05) is 0 Å². The Labute approximate surface area is 81.8 Å². The molecule has 0 aliphatic heterocycles. The summed E-state index contributed by atoms with van der Waals surface area (Å²) in [6.45, 7) is 8.02. The Morgan fingerprint density at radius 3 is 2.38 bits per heavy atom. The molecular formula is C10H23NO2. The summed E-state index contributed by atoms with van der Waals surface area (Å²) in [5.74, 6) is 0. The van der Waals surface area contributed by atoms with E-state index in [1.165, 1.54) is 0 Å². The van der Waals surface area contributed by atoms with Crippen LogP contribution >= 0.6 is 0 Å². The Hall–Kier alpha value is -0.120. The molecule has 0 fully saturated rings. The zero-order chi connectivity index (χ0) is 10.3. The predicted octanol–water partition coefficient (Wildman–Crippen LogP) is 1.43. The molecule has 1 atom stereocenters. The molecular weight excluding hydrogens is 166 g/mol. The Balaban J connectivity index is 3.55. The maximum Gasteiger partial charge on any atom is 0.0637 e. The summed E-state index contributed by atoms with van der Waals surface area (Å²) in [5.41, 5.74) is -0.0422. The lowest BCUT2D eigenvalue weighted by molar-refractivity contribution is 0.00815. The van der Waals surface area contributed by atoms with Crippen molar-refractivity contribution in [2.75, 3.05) is 27.4 Å². The first-order valence-corrected chi connectivity index (χ1v) is 4.79. The lowest BCUT2D eigenvalue weighted by atomic mass is 10.00. The van der Waals surface area contributed by atoms with Gasteiger partial charge in [-0.2, -0.15) is 0 Å². The minimum atomic E-state index is -0.0422. The first-order valence-electron chi connectivity index (χ1n) is 4.79. The molecule has 0 heterocycles. The molecule has 0 aromatic heterocycles. The molecule has 0 spiro atoms. The molecule has 80 valence electrons. The van der Waals surface area contributed by atoms with Gasteiger partial charge in [-0.25, -0.2) is 0 Å². The van der Waals surface area contributed by atoms with Crippen molar-refractivity contribution in [1.82, 2.24) is 5.32 Å². The fraction of sp³-hybridized carbons (Fsp3) is 1.00. The van der Waals surface area contributed by atoms with Crippen LogP contribution in [0.5, 0.6) is 0 Å². The quantitative estimate of drug-likeness (QED) is 0.614. The molecule has 0 aromatic carbocycles. The minimum absolute atomic E-state index is 0.0422.